The Bertz CT molecular complexity index is 653. The van der Waals surface area contributed by atoms with Gasteiger partial charge in [0.25, 0.3) is 0 Å². The molecule has 0 radical (unpaired) electrons. The Labute approximate surface area is 133 Å². The summed E-state index contributed by atoms with van der Waals surface area (Å²) in [4.78, 5) is 12.1. The molecule has 1 heterocycles. The first kappa shape index (κ1) is 14.8. The molecule has 1 aromatic heterocycles. The van der Waals surface area contributed by atoms with E-state index in [1.54, 1.807) is 12.1 Å². The summed E-state index contributed by atoms with van der Waals surface area (Å²) in [5, 5.41) is 0.573. The quantitative estimate of drug-likeness (QED) is 0.901. The van der Waals surface area contributed by atoms with Crippen LogP contribution in [0.1, 0.15) is 32.1 Å². The maximum Gasteiger partial charge on any atom is 0.225 e. The Morgan fingerprint density at radius 3 is 2.36 bits per heavy atom. The molecule has 7 heteroatoms. The molecule has 0 amide bonds. The molecule has 0 unspecified atom stereocenters. The van der Waals surface area contributed by atoms with E-state index in [1.165, 1.54) is 19.3 Å². The standard InChI is InChI=1S/C15H18ClN5O/c16-9-6-7-12(22-10-4-2-1-3-5-10)11(8-9)13-19-14(17)21-15(18)20-13/h6-8,10H,1-5H2,(H4,17,18,19,20,21). The highest BCUT2D eigenvalue weighted by Crippen LogP contribution is 2.33. The van der Waals surface area contributed by atoms with Gasteiger partial charge in [0, 0.05) is 5.02 Å². The Hall–Kier alpha value is -2.08. The molecule has 22 heavy (non-hydrogen) atoms. The molecule has 0 atom stereocenters. The summed E-state index contributed by atoms with van der Waals surface area (Å²) in [5.41, 5.74) is 12.0. The number of rotatable bonds is 3. The number of hydrogen-bond donors (Lipinski definition) is 2. The fourth-order valence-electron chi connectivity index (χ4n) is 2.67. The monoisotopic (exact) mass is 319 g/mol. The van der Waals surface area contributed by atoms with E-state index < -0.39 is 0 Å². The first-order valence-corrected chi connectivity index (χ1v) is 7.73. The molecular weight excluding hydrogens is 302 g/mol. The molecular formula is C15H18ClN5O. The molecule has 116 valence electrons. The van der Waals surface area contributed by atoms with E-state index in [1.807, 2.05) is 6.07 Å². The van der Waals surface area contributed by atoms with Crippen LogP contribution in [0.3, 0.4) is 0 Å². The van der Waals surface area contributed by atoms with Crippen molar-refractivity contribution in [2.45, 2.75) is 38.2 Å². The Morgan fingerprint density at radius 1 is 1.00 bits per heavy atom. The zero-order chi connectivity index (χ0) is 15.5. The van der Waals surface area contributed by atoms with Crippen LogP contribution in [0.25, 0.3) is 11.4 Å². The average molecular weight is 320 g/mol. The van der Waals surface area contributed by atoms with Gasteiger partial charge < -0.3 is 16.2 Å². The van der Waals surface area contributed by atoms with Crippen molar-refractivity contribution in [3.63, 3.8) is 0 Å². The molecule has 0 spiro atoms. The molecule has 0 aliphatic heterocycles. The molecule has 1 fully saturated rings. The maximum atomic E-state index is 6.13. The van der Waals surface area contributed by atoms with Crippen LogP contribution >= 0.6 is 11.6 Å². The molecule has 1 aliphatic rings. The number of nitrogen functional groups attached to an aromatic ring is 2. The third kappa shape index (κ3) is 3.39. The van der Waals surface area contributed by atoms with Gasteiger partial charge in [-0.05, 0) is 43.9 Å². The molecule has 1 aliphatic carbocycles. The molecule has 0 bridgehead atoms. The fourth-order valence-corrected chi connectivity index (χ4v) is 2.84. The lowest BCUT2D eigenvalue weighted by atomic mass is 9.97. The Kier molecular flexibility index (Phi) is 4.29. The maximum absolute atomic E-state index is 6.13. The highest BCUT2D eigenvalue weighted by atomic mass is 35.5. The highest BCUT2D eigenvalue weighted by Gasteiger charge is 2.18. The van der Waals surface area contributed by atoms with Crippen molar-refractivity contribution < 1.29 is 4.74 Å². The summed E-state index contributed by atoms with van der Waals surface area (Å²) >= 11 is 6.10. The smallest absolute Gasteiger partial charge is 0.225 e. The summed E-state index contributed by atoms with van der Waals surface area (Å²) in [7, 11) is 0. The zero-order valence-corrected chi connectivity index (χ0v) is 12.9. The molecule has 0 saturated heterocycles. The van der Waals surface area contributed by atoms with Crippen LogP contribution in [-0.4, -0.2) is 21.1 Å². The minimum absolute atomic E-state index is 0.0751. The van der Waals surface area contributed by atoms with Crippen molar-refractivity contribution in [2.24, 2.45) is 0 Å². The molecule has 1 saturated carbocycles. The predicted octanol–water partition coefficient (Wildman–Crippen LogP) is 3.07. The number of ether oxygens (including phenoxy) is 1. The van der Waals surface area contributed by atoms with Gasteiger partial charge in [-0.3, -0.25) is 0 Å². The van der Waals surface area contributed by atoms with E-state index in [2.05, 4.69) is 15.0 Å². The van der Waals surface area contributed by atoms with E-state index in [0.717, 1.165) is 12.8 Å². The van der Waals surface area contributed by atoms with Crippen LogP contribution in [0.4, 0.5) is 11.9 Å². The van der Waals surface area contributed by atoms with Crippen LogP contribution in [-0.2, 0) is 0 Å². The molecule has 2 aromatic rings. The van der Waals surface area contributed by atoms with Crippen LogP contribution in [0.5, 0.6) is 5.75 Å². The van der Waals surface area contributed by atoms with Crippen LogP contribution in [0, 0.1) is 0 Å². The van der Waals surface area contributed by atoms with Crippen molar-refractivity contribution in [1.82, 2.24) is 15.0 Å². The number of halogens is 1. The van der Waals surface area contributed by atoms with Gasteiger partial charge in [0.2, 0.25) is 11.9 Å². The second-order valence-electron chi connectivity index (χ2n) is 5.39. The number of benzene rings is 1. The lowest BCUT2D eigenvalue weighted by Crippen LogP contribution is -2.20. The van der Waals surface area contributed by atoms with Gasteiger partial charge in [-0.25, -0.2) is 0 Å². The lowest BCUT2D eigenvalue weighted by molar-refractivity contribution is 0.155. The van der Waals surface area contributed by atoms with E-state index in [-0.39, 0.29) is 18.0 Å². The minimum atomic E-state index is 0.0751. The van der Waals surface area contributed by atoms with E-state index in [0.29, 0.717) is 22.2 Å². The average Bonchev–Trinajstić information content (AvgIpc) is 2.49. The topological polar surface area (TPSA) is 99.9 Å². The minimum Gasteiger partial charge on any atom is -0.490 e. The van der Waals surface area contributed by atoms with Crippen molar-refractivity contribution in [3.05, 3.63) is 23.2 Å². The number of nitrogens with two attached hydrogens (primary N) is 2. The van der Waals surface area contributed by atoms with Gasteiger partial charge in [0.05, 0.1) is 11.7 Å². The predicted molar refractivity (Wildman–Crippen MR) is 86.6 cm³/mol. The lowest BCUT2D eigenvalue weighted by Gasteiger charge is -2.24. The second kappa shape index (κ2) is 6.36. The SMILES string of the molecule is Nc1nc(N)nc(-c2cc(Cl)ccc2OC2CCCCC2)n1. The van der Waals surface area contributed by atoms with Gasteiger partial charge in [-0.2, -0.15) is 15.0 Å². The Balaban J connectivity index is 1.96. The fraction of sp³-hybridized carbons (Fsp3) is 0.400. The van der Waals surface area contributed by atoms with E-state index in [4.69, 9.17) is 27.8 Å². The van der Waals surface area contributed by atoms with Crippen molar-refractivity contribution in [1.29, 1.82) is 0 Å². The van der Waals surface area contributed by atoms with Crippen molar-refractivity contribution >= 4 is 23.5 Å². The summed E-state index contributed by atoms with van der Waals surface area (Å²) < 4.78 is 6.13. The van der Waals surface area contributed by atoms with Crippen molar-refractivity contribution in [2.75, 3.05) is 11.5 Å². The van der Waals surface area contributed by atoms with Crippen LogP contribution in [0.15, 0.2) is 18.2 Å². The third-order valence-corrected chi connectivity index (χ3v) is 3.93. The van der Waals surface area contributed by atoms with Crippen LogP contribution < -0.4 is 16.2 Å². The Morgan fingerprint density at radius 2 is 1.68 bits per heavy atom. The van der Waals surface area contributed by atoms with Gasteiger partial charge in [-0.15, -0.1) is 0 Å². The second-order valence-corrected chi connectivity index (χ2v) is 5.83. The zero-order valence-electron chi connectivity index (χ0n) is 12.1. The summed E-state index contributed by atoms with van der Waals surface area (Å²) in [6.07, 6.45) is 5.99. The van der Waals surface area contributed by atoms with Gasteiger partial charge in [0.15, 0.2) is 5.82 Å². The number of nitrogens with zero attached hydrogens (tertiary/aromatic N) is 3. The van der Waals surface area contributed by atoms with Gasteiger partial charge in [0.1, 0.15) is 5.75 Å². The first-order valence-electron chi connectivity index (χ1n) is 7.35. The largest absolute Gasteiger partial charge is 0.490 e. The molecule has 4 N–H and O–H groups in total. The molecule has 3 rings (SSSR count). The number of hydrogen-bond acceptors (Lipinski definition) is 6. The molecule has 1 aromatic carbocycles. The van der Waals surface area contributed by atoms with Crippen LogP contribution in [0.2, 0.25) is 5.02 Å². The van der Waals surface area contributed by atoms with Gasteiger partial charge in [-0.1, -0.05) is 18.0 Å². The van der Waals surface area contributed by atoms with E-state index >= 15 is 0 Å². The summed E-state index contributed by atoms with van der Waals surface area (Å²) in [6, 6.07) is 5.38. The third-order valence-electron chi connectivity index (χ3n) is 3.70. The summed E-state index contributed by atoms with van der Waals surface area (Å²) in [6.45, 7) is 0. The highest BCUT2D eigenvalue weighted by molar-refractivity contribution is 6.30. The first-order chi connectivity index (χ1) is 10.6. The number of aromatic nitrogens is 3. The summed E-state index contributed by atoms with van der Waals surface area (Å²) in [5.74, 6) is 1.22. The normalized spacial score (nSPS) is 15.7. The van der Waals surface area contributed by atoms with Gasteiger partial charge >= 0.3 is 0 Å². The number of anilines is 2. The van der Waals surface area contributed by atoms with Crippen molar-refractivity contribution in [3.8, 4) is 17.1 Å². The molecule has 6 nitrogen and oxygen atoms in total. The van der Waals surface area contributed by atoms with E-state index in [9.17, 15) is 0 Å².